The highest BCUT2D eigenvalue weighted by Crippen LogP contribution is 2.33. The van der Waals surface area contributed by atoms with E-state index in [1.54, 1.807) is 54.6 Å². The van der Waals surface area contributed by atoms with Crippen LogP contribution in [0.2, 0.25) is 5.02 Å². The van der Waals surface area contributed by atoms with Crippen molar-refractivity contribution in [2.45, 2.75) is 12.5 Å². The van der Waals surface area contributed by atoms with Gasteiger partial charge in [0.05, 0.1) is 30.1 Å². The second-order valence-electron chi connectivity index (χ2n) is 8.48. The summed E-state index contributed by atoms with van der Waals surface area (Å²) < 4.78 is 7.21. The number of benzene rings is 3. The van der Waals surface area contributed by atoms with Gasteiger partial charge in [-0.1, -0.05) is 39.7 Å². The number of methoxy groups -OCH3 is 1. The lowest BCUT2D eigenvalue weighted by Crippen LogP contribution is -2.57. The first-order chi connectivity index (χ1) is 18.2. The van der Waals surface area contributed by atoms with Gasteiger partial charge < -0.3 is 9.84 Å². The van der Waals surface area contributed by atoms with Gasteiger partial charge in [-0.2, -0.15) is 0 Å². The average Bonchev–Trinajstić information content (AvgIpc) is 2.90. The van der Waals surface area contributed by atoms with Gasteiger partial charge in [0, 0.05) is 15.6 Å². The van der Waals surface area contributed by atoms with Crippen molar-refractivity contribution in [2.75, 3.05) is 7.11 Å². The number of fused-ring (bicyclic) bond motifs is 1. The number of nitrogens with zero attached hydrogens (tertiary/aromatic N) is 3. The van der Waals surface area contributed by atoms with Crippen LogP contribution in [-0.4, -0.2) is 38.6 Å². The molecule has 3 aromatic carbocycles. The van der Waals surface area contributed by atoms with E-state index in [1.165, 1.54) is 29.9 Å². The van der Waals surface area contributed by atoms with Crippen LogP contribution in [0.3, 0.4) is 0 Å². The summed E-state index contributed by atoms with van der Waals surface area (Å²) in [5, 5.41) is 11.7. The van der Waals surface area contributed by atoms with Gasteiger partial charge in [-0.05, 0) is 60.2 Å². The molecular weight excluding hydrogens is 576 g/mol. The van der Waals surface area contributed by atoms with Crippen molar-refractivity contribution in [1.29, 1.82) is 0 Å². The molecule has 2 heterocycles. The van der Waals surface area contributed by atoms with Gasteiger partial charge in [0.2, 0.25) is 5.91 Å². The molecule has 1 aliphatic rings. The average molecular weight is 596 g/mol. The number of hydrogen-bond acceptors (Lipinski definition) is 6. The van der Waals surface area contributed by atoms with E-state index >= 15 is 0 Å². The van der Waals surface area contributed by atoms with Crippen molar-refractivity contribution < 1.29 is 19.4 Å². The molecular formula is C27H20BrClN4O5. The van der Waals surface area contributed by atoms with Gasteiger partial charge in [-0.15, -0.1) is 0 Å². The Morgan fingerprint density at radius 1 is 1.18 bits per heavy atom. The minimum Gasteiger partial charge on any atom is -0.504 e. The molecule has 0 spiro atoms. The summed E-state index contributed by atoms with van der Waals surface area (Å²) in [6.07, 6.45) is 2.82. The van der Waals surface area contributed by atoms with E-state index in [0.717, 1.165) is 9.48 Å². The summed E-state index contributed by atoms with van der Waals surface area (Å²) in [5.74, 6) is -0.357. The third-order valence-corrected chi connectivity index (χ3v) is 6.76. The fourth-order valence-corrected chi connectivity index (χ4v) is 4.70. The number of amides is 2. The summed E-state index contributed by atoms with van der Waals surface area (Å²) >= 11 is 9.61. The molecule has 38 heavy (non-hydrogen) atoms. The number of ether oxygens (including phenoxy) is 1. The highest BCUT2D eigenvalue weighted by molar-refractivity contribution is 9.10. The van der Waals surface area contributed by atoms with Gasteiger partial charge in [0.15, 0.2) is 11.5 Å². The Bertz CT molecular complexity index is 1690. The molecule has 0 saturated carbocycles. The zero-order chi connectivity index (χ0) is 27.0. The number of carbonyl (C=O) groups is 2. The van der Waals surface area contributed by atoms with Crippen LogP contribution in [0.4, 0.5) is 0 Å². The van der Waals surface area contributed by atoms with E-state index in [4.69, 9.17) is 21.3 Å². The van der Waals surface area contributed by atoms with Crippen molar-refractivity contribution >= 4 is 56.3 Å². The zero-order valence-electron chi connectivity index (χ0n) is 19.9. The minimum atomic E-state index is -0.687. The third kappa shape index (κ3) is 4.88. The van der Waals surface area contributed by atoms with Crippen LogP contribution >= 0.6 is 27.5 Å². The fraction of sp³-hybridized carbons (Fsp3) is 0.111. The molecule has 1 aliphatic heterocycles. The SMILES string of the molecule is COc1cc(/C=C/C(=O)NN2C(=O)CC2c2nc3ccc(Br)cc3c(=O)n2-c2cccc(Cl)c2)ccc1O. The molecule has 11 heteroatoms. The minimum absolute atomic E-state index is 0.0240. The maximum absolute atomic E-state index is 13.6. The van der Waals surface area contributed by atoms with Crippen molar-refractivity contribution in [3.63, 3.8) is 0 Å². The highest BCUT2D eigenvalue weighted by Gasteiger charge is 2.41. The maximum atomic E-state index is 13.6. The lowest BCUT2D eigenvalue weighted by molar-refractivity contribution is -0.156. The third-order valence-electron chi connectivity index (χ3n) is 6.03. The zero-order valence-corrected chi connectivity index (χ0v) is 22.2. The number of β-lactam (4-membered cyclic amide) rings is 1. The molecule has 1 saturated heterocycles. The van der Waals surface area contributed by atoms with E-state index < -0.39 is 11.9 Å². The van der Waals surface area contributed by atoms with Crippen molar-refractivity contribution in [2.24, 2.45) is 0 Å². The largest absolute Gasteiger partial charge is 0.504 e. The second kappa shape index (κ2) is 10.3. The molecule has 9 nitrogen and oxygen atoms in total. The highest BCUT2D eigenvalue weighted by atomic mass is 79.9. The Balaban J connectivity index is 1.49. The molecule has 192 valence electrons. The van der Waals surface area contributed by atoms with Crippen LogP contribution in [0.5, 0.6) is 11.5 Å². The Labute approximate surface area is 230 Å². The number of carbonyl (C=O) groups excluding carboxylic acids is 2. The number of nitrogens with one attached hydrogen (secondary N) is 1. The molecule has 0 radical (unpaired) electrons. The molecule has 1 atom stereocenters. The lowest BCUT2D eigenvalue weighted by atomic mass is 10.0. The van der Waals surface area contributed by atoms with Gasteiger partial charge >= 0.3 is 0 Å². The van der Waals surface area contributed by atoms with Gasteiger partial charge in [-0.3, -0.25) is 24.4 Å². The Morgan fingerprint density at radius 3 is 2.74 bits per heavy atom. The van der Waals surface area contributed by atoms with Crippen LogP contribution in [-0.2, 0) is 9.59 Å². The number of hydrogen-bond donors (Lipinski definition) is 2. The van der Waals surface area contributed by atoms with E-state index in [9.17, 15) is 19.5 Å². The van der Waals surface area contributed by atoms with E-state index in [-0.39, 0.29) is 29.4 Å². The molecule has 0 aliphatic carbocycles. The number of aromatic nitrogens is 2. The van der Waals surface area contributed by atoms with Crippen molar-refractivity contribution in [3.05, 3.63) is 98.0 Å². The first kappa shape index (κ1) is 25.5. The predicted octanol–water partition coefficient (Wildman–Crippen LogP) is 4.53. The van der Waals surface area contributed by atoms with E-state index in [2.05, 4.69) is 21.4 Å². The number of phenols is 1. The number of aromatic hydroxyl groups is 1. The summed E-state index contributed by atoms with van der Waals surface area (Å²) in [7, 11) is 1.42. The molecule has 5 rings (SSSR count). The number of hydrazine groups is 1. The van der Waals surface area contributed by atoms with Crippen LogP contribution < -0.4 is 15.7 Å². The smallest absolute Gasteiger partial charge is 0.266 e. The standard InChI is InChI=1S/C27H20BrClN4O5/c1-38-23-11-15(5-9-22(23)34)6-10-24(35)31-33-21(14-25(33)36)26-30-20-8-7-16(28)12-19(20)27(37)32(26)18-4-2-3-17(29)13-18/h2-13,21,34H,14H2,1H3,(H,31,35)/b10-6+. The van der Waals surface area contributed by atoms with E-state index in [0.29, 0.717) is 33.0 Å². The Hall–Kier alpha value is -4.15. The summed E-state index contributed by atoms with van der Waals surface area (Å²) in [6.45, 7) is 0. The van der Waals surface area contributed by atoms with Gasteiger partial charge in [0.25, 0.3) is 11.5 Å². The van der Waals surface area contributed by atoms with Crippen LogP contribution in [0.15, 0.2) is 76.0 Å². The summed E-state index contributed by atoms with van der Waals surface area (Å²) in [6, 6.07) is 15.9. The van der Waals surface area contributed by atoms with Gasteiger partial charge in [-0.25, -0.2) is 9.99 Å². The predicted molar refractivity (Wildman–Crippen MR) is 146 cm³/mol. The van der Waals surface area contributed by atoms with Crippen LogP contribution in [0, 0.1) is 0 Å². The Kier molecular flexibility index (Phi) is 6.92. The quantitative estimate of drug-likeness (QED) is 0.250. The molecule has 0 bridgehead atoms. The van der Waals surface area contributed by atoms with E-state index in [1.807, 2.05) is 0 Å². The monoisotopic (exact) mass is 594 g/mol. The number of phenolic OH excluding ortho intramolecular Hbond substituents is 1. The van der Waals surface area contributed by atoms with Crippen molar-refractivity contribution in [1.82, 2.24) is 20.0 Å². The van der Waals surface area contributed by atoms with Gasteiger partial charge in [0.1, 0.15) is 11.9 Å². The first-order valence-corrected chi connectivity index (χ1v) is 12.6. The van der Waals surface area contributed by atoms with Crippen LogP contribution in [0.25, 0.3) is 22.7 Å². The second-order valence-corrected chi connectivity index (χ2v) is 9.83. The fourth-order valence-electron chi connectivity index (χ4n) is 4.15. The molecule has 1 aromatic heterocycles. The van der Waals surface area contributed by atoms with Crippen LogP contribution in [0.1, 0.15) is 23.9 Å². The topological polar surface area (TPSA) is 114 Å². The maximum Gasteiger partial charge on any atom is 0.266 e. The molecule has 2 N–H and O–H groups in total. The molecule has 1 fully saturated rings. The number of rotatable bonds is 6. The molecule has 1 unspecified atom stereocenters. The molecule has 2 amide bonds. The lowest BCUT2D eigenvalue weighted by Gasteiger charge is -2.39. The number of halogens is 2. The summed E-state index contributed by atoms with van der Waals surface area (Å²) in [4.78, 5) is 43.6. The molecule has 4 aromatic rings. The summed E-state index contributed by atoms with van der Waals surface area (Å²) in [5.41, 5.74) is 3.80. The van der Waals surface area contributed by atoms with Crippen molar-refractivity contribution in [3.8, 4) is 17.2 Å². The normalized spacial score (nSPS) is 15.1. The first-order valence-electron chi connectivity index (χ1n) is 11.4. The Morgan fingerprint density at radius 2 is 2.00 bits per heavy atom.